The lowest BCUT2D eigenvalue weighted by Crippen LogP contribution is -2.53. The molecule has 1 N–H and O–H groups in total. The van der Waals surface area contributed by atoms with Crippen molar-refractivity contribution in [2.24, 2.45) is 5.92 Å². The number of carboxylic acids is 1. The van der Waals surface area contributed by atoms with Crippen molar-refractivity contribution in [1.82, 2.24) is 9.80 Å². The van der Waals surface area contributed by atoms with E-state index in [1.807, 2.05) is 24.3 Å². The Hall–Kier alpha value is -3.18. The second kappa shape index (κ2) is 14.6. The first-order chi connectivity index (χ1) is 23.4. The largest absolute Gasteiger partial charge is 0.490 e. The number of benzene rings is 2. The third kappa shape index (κ3) is 7.48. The normalized spacial score (nSPS) is 29.8. The van der Waals surface area contributed by atoms with E-state index >= 15 is 4.39 Å². The van der Waals surface area contributed by atoms with E-state index in [9.17, 15) is 27.9 Å². The summed E-state index contributed by atoms with van der Waals surface area (Å²) < 4.78 is 71.1. The summed E-state index contributed by atoms with van der Waals surface area (Å²) in [6, 6.07) is 11.1. The lowest BCUT2D eigenvalue weighted by Gasteiger charge is -2.34. The zero-order chi connectivity index (χ0) is 34.9. The maximum atomic E-state index is 17.7. The van der Waals surface area contributed by atoms with E-state index in [0.29, 0.717) is 44.2 Å². The van der Waals surface area contributed by atoms with Crippen molar-refractivity contribution in [2.75, 3.05) is 33.4 Å². The summed E-state index contributed by atoms with van der Waals surface area (Å²) in [6.07, 6.45) is 1.96. The van der Waals surface area contributed by atoms with Gasteiger partial charge in [-0.3, -0.25) is 14.5 Å². The summed E-state index contributed by atoms with van der Waals surface area (Å²) in [6.45, 7) is 2.80. The molecular weight excluding hydrogens is 640 g/mol. The van der Waals surface area contributed by atoms with Gasteiger partial charge in [-0.05, 0) is 80.2 Å². The molecule has 4 aliphatic rings. The second-order valence-corrected chi connectivity index (χ2v) is 14.6. The minimum absolute atomic E-state index is 0.00518. The van der Waals surface area contributed by atoms with E-state index in [0.717, 1.165) is 55.4 Å². The van der Waals surface area contributed by atoms with Crippen LogP contribution in [0.3, 0.4) is 0 Å². The number of nitrogens with zero attached hydrogens (tertiary/aromatic N) is 2. The summed E-state index contributed by atoms with van der Waals surface area (Å²) in [5.41, 5.74) is -0.564. The van der Waals surface area contributed by atoms with Crippen LogP contribution in [0.2, 0.25) is 0 Å². The van der Waals surface area contributed by atoms with E-state index < -0.39 is 59.2 Å². The molecule has 6 rings (SSSR count). The molecule has 4 fully saturated rings. The molecule has 2 heterocycles. The number of carboxylic acid groups (broad SMARTS) is 1. The maximum absolute atomic E-state index is 17.7. The van der Waals surface area contributed by atoms with Gasteiger partial charge in [-0.1, -0.05) is 50.1 Å². The Bertz CT molecular complexity index is 1470. The predicted octanol–water partition coefficient (Wildman–Crippen LogP) is 7.37. The van der Waals surface area contributed by atoms with Gasteiger partial charge in [-0.2, -0.15) is 13.2 Å². The number of methoxy groups -OCH3 is 1. The standard InChI is InChI=1S/C38H48F4N2O5/c1-3-24-8-10-25(11-9-24)33-21-43(29-6-4-5-7-29)23-37(33,39)36(47)44-20-27(18-30(44)22-48-2)32-17-14-28(38(40,41)42)19-34(32)49-31-15-12-26(13-16-31)35(45)46/h8-11,14,17,19,26-27,29-31,33H,3-7,12-13,15-16,18,20-23H2,1-2H3,(H,45,46)/t26-,27-,30+,31-,33+,37+/m1/s1. The molecule has 2 aliphatic carbocycles. The number of rotatable bonds is 10. The quantitative estimate of drug-likeness (QED) is 0.263. The Labute approximate surface area is 285 Å². The van der Waals surface area contributed by atoms with E-state index in [1.54, 1.807) is 4.90 Å². The highest BCUT2D eigenvalue weighted by Crippen LogP contribution is 2.47. The van der Waals surface area contributed by atoms with Crippen LogP contribution >= 0.6 is 0 Å². The van der Waals surface area contributed by atoms with Crippen molar-refractivity contribution < 1.29 is 41.7 Å². The van der Waals surface area contributed by atoms with E-state index in [-0.39, 0.29) is 31.5 Å². The van der Waals surface area contributed by atoms with Gasteiger partial charge in [0.2, 0.25) is 5.67 Å². The fourth-order valence-corrected chi connectivity index (χ4v) is 8.71. The van der Waals surface area contributed by atoms with Crippen LogP contribution in [0.1, 0.15) is 98.8 Å². The van der Waals surface area contributed by atoms with Crippen LogP contribution in [0.4, 0.5) is 17.6 Å². The lowest BCUT2D eigenvalue weighted by molar-refractivity contribution is -0.146. The zero-order valence-electron chi connectivity index (χ0n) is 28.4. The van der Waals surface area contributed by atoms with Crippen LogP contribution in [0.15, 0.2) is 42.5 Å². The minimum atomic E-state index is -4.59. The molecule has 2 aromatic rings. The third-order valence-electron chi connectivity index (χ3n) is 11.5. The highest BCUT2D eigenvalue weighted by molar-refractivity contribution is 5.88. The number of aryl methyl sites for hydroxylation is 1. The molecule has 0 aromatic heterocycles. The molecule has 7 nitrogen and oxygen atoms in total. The maximum Gasteiger partial charge on any atom is 0.416 e. The number of carbonyl (C=O) groups is 2. The highest BCUT2D eigenvalue weighted by atomic mass is 19.4. The molecule has 2 aromatic carbocycles. The number of hydrogen-bond donors (Lipinski definition) is 1. The molecule has 11 heteroatoms. The SMILES string of the molecule is CCc1ccc([C@@H]2CN(C3CCCC3)C[C@@]2(F)C(=O)N2C[C@H](c3ccc(C(F)(F)F)cc3O[C@H]3CC[C@H](C(=O)O)CC3)C[C@H]2COC)cc1. The predicted molar refractivity (Wildman–Crippen MR) is 176 cm³/mol. The fraction of sp³-hybridized carbons (Fsp3) is 0.632. The number of aliphatic carboxylic acids is 1. The van der Waals surface area contributed by atoms with Crippen LogP contribution in [-0.4, -0.2) is 84.0 Å². The van der Waals surface area contributed by atoms with E-state index in [2.05, 4.69) is 11.8 Å². The number of likely N-dealkylation sites (tertiary alicyclic amines) is 2. The first-order valence-electron chi connectivity index (χ1n) is 17.8. The number of hydrogen-bond acceptors (Lipinski definition) is 5. The molecule has 268 valence electrons. The van der Waals surface area contributed by atoms with Crippen LogP contribution in [0, 0.1) is 5.92 Å². The molecule has 2 saturated carbocycles. The van der Waals surface area contributed by atoms with Gasteiger partial charge in [-0.25, -0.2) is 4.39 Å². The van der Waals surface area contributed by atoms with Gasteiger partial charge in [0.15, 0.2) is 0 Å². The third-order valence-corrected chi connectivity index (χ3v) is 11.5. The Morgan fingerprint density at radius 2 is 1.67 bits per heavy atom. The molecule has 0 bridgehead atoms. The summed E-state index contributed by atoms with van der Waals surface area (Å²) in [5, 5.41) is 9.40. The highest BCUT2D eigenvalue weighted by Gasteiger charge is 2.58. The van der Waals surface area contributed by atoms with Crippen LogP contribution in [0.25, 0.3) is 0 Å². The monoisotopic (exact) mass is 688 g/mol. The van der Waals surface area contributed by atoms with Crippen molar-refractivity contribution >= 4 is 11.9 Å². The Morgan fingerprint density at radius 1 is 0.980 bits per heavy atom. The molecule has 0 unspecified atom stereocenters. The minimum Gasteiger partial charge on any atom is -0.490 e. The number of carbonyl (C=O) groups excluding carboxylic acids is 1. The van der Waals surface area contributed by atoms with Crippen molar-refractivity contribution in [2.45, 2.75) is 113 Å². The summed E-state index contributed by atoms with van der Waals surface area (Å²) in [7, 11) is 1.52. The average Bonchev–Trinajstić information content (AvgIpc) is 3.84. The van der Waals surface area contributed by atoms with Crippen molar-refractivity contribution in [3.8, 4) is 5.75 Å². The molecule has 2 saturated heterocycles. The first kappa shape index (κ1) is 35.6. The topological polar surface area (TPSA) is 79.3 Å². The molecule has 49 heavy (non-hydrogen) atoms. The van der Waals surface area contributed by atoms with Gasteiger partial charge < -0.3 is 19.5 Å². The number of ether oxygens (including phenoxy) is 2. The van der Waals surface area contributed by atoms with Crippen LogP contribution < -0.4 is 4.74 Å². The van der Waals surface area contributed by atoms with Gasteiger partial charge in [0, 0.05) is 44.6 Å². The average molecular weight is 689 g/mol. The molecule has 0 spiro atoms. The Morgan fingerprint density at radius 3 is 2.29 bits per heavy atom. The zero-order valence-corrected chi connectivity index (χ0v) is 28.4. The lowest BCUT2D eigenvalue weighted by atomic mass is 9.84. The van der Waals surface area contributed by atoms with Gasteiger partial charge in [0.05, 0.1) is 30.2 Å². The van der Waals surface area contributed by atoms with Crippen LogP contribution in [0.5, 0.6) is 5.75 Å². The Kier molecular flexibility index (Phi) is 10.6. The number of alkyl halides is 4. The van der Waals surface area contributed by atoms with E-state index in [1.165, 1.54) is 13.2 Å². The molecule has 1 amide bonds. The van der Waals surface area contributed by atoms with Gasteiger partial charge in [0.25, 0.3) is 5.91 Å². The Balaban J connectivity index is 1.29. The fourth-order valence-electron chi connectivity index (χ4n) is 8.71. The van der Waals surface area contributed by atoms with E-state index in [4.69, 9.17) is 9.47 Å². The summed E-state index contributed by atoms with van der Waals surface area (Å²) in [4.78, 5) is 29.8. The summed E-state index contributed by atoms with van der Waals surface area (Å²) >= 11 is 0. The smallest absolute Gasteiger partial charge is 0.416 e. The van der Waals surface area contributed by atoms with Crippen molar-refractivity contribution in [3.05, 3.63) is 64.7 Å². The van der Waals surface area contributed by atoms with Crippen molar-refractivity contribution in [3.63, 3.8) is 0 Å². The molecule has 0 radical (unpaired) electrons. The molecule has 2 aliphatic heterocycles. The first-order valence-corrected chi connectivity index (χ1v) is 17.8. The molecular formula is C38H48F4N2O5. The van der Waals surface area contributed by atoms with Crippen LogP contribution in [-0.2, 0) is 26.9 Å². The van der Waals surface area contributed by atoms with Crippen molar-refractivity contribution in [1.29, 1.82) is 0 Å². The van der Waals surface area contributed by atoms with Gasteiger partial charge in [0.1, 0.15) is 5.75 Å². The summed E-state index contributed by atoms with van der Waals surface area (Å²) in [5.74, 6) is -2.94. The van der Waals surface area contributed by atoms with Gasteiger partial charge >= 0.3 is 12.1 Å². The number of amides is 1. The number of halogens is 4. The second-order valence-electron chi connectivity index (χ2n) is 14.6. The van der Waals surface area contributed by atoms with Gasteiger partial charge in [-0.15, -0.1) is 0 Å². The molecule has 4 atom stereocenters.